The summed E-state index contributed by atoms with van der Waals surface area (Å²) in [6.07, 6.45) is 2.99. The summed E-state index contributed by atoms with van der Waals surface area (Å²) in [5, 5.41) is 25.6. The molecule has 0 aliphatic rings. The van der Waals surface area contributed by atoms with Crippen molar-refractivity contribution < 1.29 is 19.6 Å². The molecule has 2 aromatic carbocycles. The normalized spacial score (nSPS) is 10.2. The number of unbranched alkanes of at least 4 members (excludes halogenated alkanes) is 2. The van der Waals surface area contributed by atoms with E-state index in [0.717, 1.165) is 31.4 Å². The molecule has 148 valence electrons. The lowest BCUT2D eigenvalue weighted by molar-refractivity contribution is -0.384. The van der Waals surface area contributed by atoms with Crippen LogP contribution in [0, 0.1) is 10.1 Å². The van der Waals surface area contributed by atoms with E-state index in [1.165, 1.54) is 6.07 Å². The van der Waals surface area contributed by atoms with E-state index in [-0.39, 0.29) is 22.2 Å². The molecule has 0 unspecified atom stereocenters. The monoisotopic (exact) mass is 403 g/mol. The number of nitrogens with one attached hydrogen (secondary N) is 2. The Kier molecular flexibility index (Phi) is 7.70. The Hall–Kier alpha value is -3.20. The fourth-order valence-corrected chi connectivity index (χ4v) is 2.58. The lowest BCUT2D eigenvalue weighted by Gasteiger charge is -2.13. The summed E-state index contributed by atoms with van der Waals surface area (Å²) in [7, 11) is 0. The molecule has 0 atom stereocenters. The number of ether oxygens (including phenoxy) is 1. The summed E-state index contributed by atoms with van der Waals surface area (Å²) >= 11 is 5.08. The van der Waals surface area contributed by atoms with Gasteiger partial charge in [0.2, 0.25) is 0 Å². The van der Waals surface area contributed by atoms with Gasteiger partial charge in [-0.1, -0.05) is 31.9 Å². The molecular formula is C19H21N3O5S. The highest BCUT2D eigenvalue weighted by molar-refractivity contribution is 7.80. The van der Waals surface area contributed by atoms with Crippen molar-refractivity contribution in [3.63, 3.8) is 0 Å². The number of hydrogen-bond acceptors (Lipinski definition) is 6. The molecule has 0 aliphatic heterocycles. The lowest BCUT2D eigenvalue weighted by Crippen LogP contribution is -2.34. The topological polar surface area (TPSA) is 114 Å². The Morgan fingerprint density at radius 1 is 1.25 bits per heavy atom. The number of aromatic hydroxyl groups is 1. The van der Waals surface area contributed by atoms with Crippen LogP contribution in [-0.4, -0.2) is 27.7 Å². The van der Waals surface area contributed by atoms with Gasteiger partial charge in [0.1, 0.15) is 11.5 Å². The van der Waals surface area contributed by atoms with Gasteiger partial charge in [-0.2, -0.15) is 0 Å². The van der Waals surface area contributed by atoms with E-state index in [2.05, 4.69) is 17.6 Å². The molecule has 0 heterocycles. The van der Waals surface area contributed by atoms with E-state index in [4.69, 9.17) is 17.0 Å². The summed E-state index contributed by atoms with van der Waals surface area (Å²) in [4.78, 5) is 22.8. The molecule has 2 aromatic rings. The van der Waals surface area contributed by atoms with Crippen LogP contribution < -0.4 is 15.4 Å². The van der Waals surface area contributed by atoms with Crippen molar-refractivity contribution in [3.05, 3.63) is 58.1 Å². The van der Waals surface area contributed by atoms with Gasteiger partial charge in [-0.25, -0.2) is 0 Å². The van der Waals surface area contributed by atoms with Crippen molar-refractivity contribution in [1.29, 1.82) is 0 Å². The van der Waals surface area contributed by atoms with Crippen LogP contribution in [0.5, 0.6) is 11.5 Å². The van der Waals surface area contributed by atoms with Gasteiger partial charge in [0.15, 0.2) is 5.11 Å². The van der Waals surface area contributed by atoms with Crippen LogP contribution in [0.15, 0.2) is 42.5 Å². The maximum Gasteiger partial charge on any atom is 0.271 e. The van der Waals surface area contributed by atoms with Gasteiger partial charge in [-0.05, 0) is 36.8 Å². The van der Waals surface area contributed by atoms with E-state index >= 15 is 0 Å². The zero-order chi connectivity index (χ0) is 20.5. The standard InChI is InChI=1S/C19H21N3O5S/c1-2-3-6-11-27-17-8-5-4-7-14(17)18(24)21-19(28)20-15-12-13(22(25)26)9-10-16(15)23/h4-5,7-10,12,23H,2-3,6,11H2,1H3,(H2,20,21,24,28). The van der Waals surface area contributed by atoms with Crippen LogP contribution in [0.1, 0.15) is 36.5 Å². The molecule has 0 saturated carbocycles. The number of carbonyl (C=O) groups excluding carboxylic acids is 1. The predicted octanol–water partition coefficient (Wildman–Crippen LogP) is 4.00. The minimum Gasteiger partial charge on any atom is -0.506 e. The van der Waals surface area contributed by atoms with E-state index in [0.29, 0.717) is 17.9 Å². The third kappa shape index (κ3) is 5.92. The van der Waals surface area contributed by atoms with Crippen LogP contribution in [-0.2, 0) is 0 Å². The molecule has 28 heavy (non-hydrogen) atoms. The van der Waals surface area contributed by atoms with Gasteiger partial charge >= 0.3 is 0 Å². The number of benzene rings is 2. The zero-order valence-electron chi connectivity index (χ0n) is 15.3. The van der Waals surface area contributed by atoms with E-state index < -0.39 is 10.8 Å². The third-order valence-corrected chi connectivity index (χ3v) is 4.01. The number of amides is 1. The van der Waals surface area contributed by atoms with Crippen LogP contribution in [0.4, 0.5) is 11.4 Å². The molecule has 0 saturated heterocycles. The van der Waals surface area contributed by atoms with Gasteiger partial charge in [0.25, 0.3) is 11.6 Å². The third-order valence-electron chi connectivity index (χ3n) is 3.80. The number of non-ortho nitro benzene ring substituents is 1. The number of nitrogens with zero attached hydrogens (tertiary/aromatic N) is 1. The second kappa shape index (κ2) is 10.2. The highest BCUT2D eigenvalue weighted by Crippen LogP contribution is 2.27. The number of anilines is 1. The number of phenols is 1. The molecule has 8 nitrogen and oxygen atoms in total. The van der Waals surface area contributed by atoms with E-state index in [1.807, 2.05) is 0 Å². The maximum atomic E-state index is 12.5. The first-order valence-electron chi connectivity index (χ1n) is 8.74. The highest BCUT2D eigenvalue weighted by atomic mass is 32.1. The van der Waals surface area contributed by atoms with Gasteiger partial charge < -0.3 is 15.2 Å². The number of rotatable bonds is 8. The molecule has 0 aliphatic carbocycles. The van der Waals surface area contributed by atoms with Crippen LogP contribution >= 0.6 is 12.2 Å². The number of nitro benzene ring substituents is 1. The SMILES string of the molecule is CCCCCOc1ccccc1C(=O)NC(=S)Nc1cc([N+](=O)[O-])ccc1O. The summed E-state index contributed by atoms with van der Waals surface area (Å²) < 4.78 is 5.68. The number of hydrogen-bond donors (Lipinski definition) is 3. The Morgan fingerprint density at radius 3 is 2.71 bits per heavy atom. The largest absolute Gasteiger partial charge is 0.506 e. The summed E-state index contributed by atoms with van der Waals surface area (Å²) in [5.74, 6) is -0.285. The first kappa shape index (κ1) is 21.1. The van der Waals surface area contributed by atoms with Crippen LogP contribution in [0.25, 0.3) is 0 Å². The van der Waals surface area contributed by atoms with Crippen molar-refractivity contribution in [3.8, 4) is 11.5 Å². The molecule has 0 bridgehead atoms. The van der Waals surface area contributed by atoms with Gasteiger partial charge in [-0.15, -0.1) is 0 Å². The number of para-hydroxylation sites is 1. The van der Waals surface area contributed by atoms with Crippen LogP contribution in [0.2, 0.25) is 0 Å². The quantitative estimate of drug-likeness (QED) is 0.201. The molecule has 0 radical (unpaired) electrons. The fourth-order valence-electron chi connectivity index (χ4n) is 2.38. The van der Waals surface area contributed by atoms with Gasteiger partial charge in [0, 0.05) is 12.1 Å². The van der Waals surface area contributed by atoms with E-state index in [9.17, 15) is 20.0 Å². The first-order valence-corrected chi connectivity index (χ1v) is 9.14. The molecule has 0 fully saturated rings. The number of phenolic OH excluding ortho intramolecular Hbond substituents is 1. The number of nitro groups is 1. The molecule has 2 rings (SSSR count). The van der Waals surface area contributed by atoms with Gasteiger partial charge in [-0.3, -0.25) is 20.2 Å². The molecular weight excluding hydrogens is 382 g/mol. The smallest absolute Gasteiger partial charge is 0.271 e. The minimum absolute atomic E-state index is 0.0172. The molecule has 0 aromatic heterocycles. The summed E-state index contributed by atoms with van der Waals surface area (Å²) in [6.45, 7) is 2.59. The second-order valence-corrected chi connectivity index (χ2v) is 6.33. The average Bonchev–Trinajstić information content (AvgIpc) is 2.67. The minimum atomic E-state index is -0.599. The van der Waals surface area contributed by atoms with Crippen molar-refractivity contribution in [2.24, 2.45) is 0 Å². The number of thiocarbonyl (C=S) groups is 1. The Morgan fingerprint density at radius 2 is 2.00 bits per heavy atom. The first-order chi connectivity index (χ1) is 13.4. The van der Waals surface area contributed by atoms with Crippen LogP contribution in [0.3, 0.4) is 0 Å². The Bertz CT molecular complexity index is 872. The number of carbonyl (C=O) groups is 1. The lowest BCUT2D eigenvalue weighted by atomic mass is 10.2. The molecule has 9 heteroatoms. The highest BCUT2D eigenvalue weighted by Gasteiger charge is 2.16. The van der Waals surface area contributed by atoms with Crippen molar-refractivity contribution in [2.45, 2.75) is 26.2 Å². The zero-order valence-corrected chi connectivity index (χ0v) is 16.1. The Balaban J connectivity index is 2.04. The van der Waals surface area contributed by atoms with E-state index in [1.54, 1.807) is 24.3 Å². The predicted molar refractivity (Wildman–Crippen MR) is 110 cm³/mol. The fraction of sp³-hybridized carbons (Fsp3) is 0.263. The van der Waals surface area contributed by atoms with Crippen molar-refractivity contribution in [2.75, 3.05) is 11.9 Å². The summed E-state index contributed by atoms with van der Waals surface area (Å²) in [6, 6.07) is 10.2. The molecule has 1 amide bonds. The molecule has 0 spiro atoms. The van der Waals surface area contributed by atoms with Crippen molar-refractivity contribution >= 4 is 34.6 Å². The molecule has 3 N–H and O–H groups in total. The van der Waals surface area contributed by atoms with Crippen molar-refractivity contribution in [1.82, 2.24) is 5.32 Å². The average molecular weight is 403 g/mol. The Labute approximate surface area is 167 Å². The summed E-state index contributed by atoms with van der Waals surface area (Å²) in [5.41, 5.74) is 0.107. The second-order valence-electron chi connectivity index (χ2n) is 5.92. The maximum absolute atomic E-state index is 12.5. The van der Waals surface area contributed by atoms with Gasteiger partial charge in [0.05, 0.1) is 22.8 Å².